The maximum absolute atomic E-state index is 11.6. The summed E-state index contributed by atoms with van der Waals surface area (Å²) in [5, 5.41) is 9.73. The largest absolute Gasteiger partial charge is 0.480 e. The summed E-state index contributed by atoms with van der Waals surface area (Å²) >= 11 is 0. The molecule has 0 radical (unpaired) electrons. The topological polar surface area (TPSA) is 110 Å². The molecule has 3 aliphatic heterocycles. The highest BCUT2D eigenvalue weighted by atomic mass is 16.5. The van der Waals surface area contributed by atoms with Crippen molar-refractivity contribution in [1.82, 2.24) is 20.6 Å². The normalized spacial score (nSPS) is 22.8. The number of ether oxygens (including phenoxy) is 3. The highest BCUT2D eigenvalue weighted by molar-refractivity contribution is 5.94. The van der Waals surface area contributed by atoms with E-state index >= 15 is 0 Å². The number of carbonyl (C=O) groups is 1. The van der Waals surface area contributed by atoms with Gasteiger partial charge in [0.1, 0.15) is 12.5 Å². The first kappa shape index (κ1) is 24.4. The molecule has 5 heterocycles. The molecule has 2 aromatic heterocycles. The standard InChI is InChI=1S/C27H36N6O4/c1-16-21-7-18(8-22(21)17(2)30-27(16)36-13-19-10-29-11-19)9-28-6-5-20-12-33(15-37-20)24-4-3-23-26(31-24)32-25(34)14-35-23/h3-4,18-20,28-29H,5-15H2,1-2H3,(H,31,32,34). The Morgan fingerprint density at radius 2 is 2.03 bits per heavy atom. The van der Waals surface area contributed by atoms with E-state index in [-0.39, 0.29) is 18.6 Å². The van der Waals surface area contributed by atoms with Gasteiger partial charge < -0.3 is 35.1 Å². The van der Waals surface area contributed by atoms with Crippen molar-refractivity contribution in [3.8, 4) is 11.6 Å². The number of nitrogens with one attached hydrogen (secondary N) is 3. The number of aromatic nitrogens is 2. The van der Waals surface area contributed by atoms with Crippen molar-refractivity contribution in [3.05, 3.63) is 34.5 Å². The van der Waals surface area contributed by atoms with Gasteiger partial charge in [0.15, 0.2) is 18.2 Å². The fraction of sp³-hybridized carbons (Fsp3) is 0.593. The summed E-state index contributed by atoms with van der Waals surface area (Å²) in [6.07, 6.45) is 3.24. The lowest BCUT2D eigenvalue weighted by Crippen LogP contribution is -2.45. The van der Waals surface area contributed by atoms with Crippen LogP contribution in [0.25, 0.3) is 0 Å². The molecule has 2 saturated heterocycles. The van der Waals surface area contributed by atoms with Gasteiger partial charge in [-0.25, -0.2) is 9.97 Å². The molecule has 10 nitrogen and oxygen atoms in total. The van der Waals surface area contributed by atoms with Crippen LogP contribution in [0.2, 0.25) is 0 Å². The monoisotopic (exact) mass is 508 g/mol. The predicted octanol–water partition coefficient (Wildman–Crippen LogP) is 1.58. The second kappa shape index (κ2) is 10.4. The van der Waals surface area contributed by atoms with Crippen LogP contribution in [-0.4, -0.2) is 74.6 Å². The third kappa shape index (κ3) is 5.23. The Morgan fingerprint density at radius 3 is 2.86 bits per heavy atom. The molecule has 198 valence electrons. The molecule has 1 aliphatic carbocycles. The van der Waals surface area contributed by atoms with Gasteiger partial charge in [-0.05, 0) is 75.4 Å². The summed E-state index contributed by atoms with van der Waals surface area (Å²) < 4.78 is 17.5. The van der Waals surface area contributed by atoms with Crippen molar-refractivity contribution in [2.24, 2.45) is 11.8 Å². The van der Waals surface area contributed by atoms with Gasteiger partial charge in [-0.15, -0.1) is 0 Å². The summed E-state index contributed by atoms with van der Waals surface area (Å²) in [5.74, 6) is 3.70. The van der Waals surface area contributed by atoms with Crippen LogP contribution in [0, 0.1) is 25.7 Å². The van der Waals surface area contributed by atoms with E-state index in [1.165, 1.54) is 16.7 Å². The van der Waals surface area contributed by atoms with E-state index in [9.17, 15) is 4.79 Å². The number of hydrogen-bond acceptors (Lipinski definition) is 9. The SMILES string of the molecule is Cc1nc(OCC2CNC2)c(C)c2c1CC(CNCCC1CN(c3ccc4c(n3)NC(=O)CO4)CO1)C2. The number of fused-ring (bicyclic) bond motifs is 2. The molecule has 10 heteroatoms. The van der Waals surface area contributed by atoms with Crippen molar-refractivity contribution < 1.29 is 19.0 Å². The van der Waals surface area contributed by atoms with Gasteiger partial charge >= 0.3 is 0 Å². The number of nitrogens with zero attached hydrogens (tertiary/aromatic N) is 3. The fourth-order valence-electron chi connectivity index (χ4n) is 5.60. The van der Waals surface area contributed by atoms with E-state index in [2.05, 4.69) is 39.7 Å². The van der Waals surface area contributed by atoms with E-state index < -0.39 is 0 Å². The average Bonchev–Trinajstić information content (AvgIpc) is 3.51. The van der Waals surface area contributed by atoms with E-state index in [1.54, 1.807) is 0 Å². The Bertz CT molecular complexity index is 1170. The lowest BCUT2D eigenvalue weighted by molar-refractivity contribution is -0.118. The van der Waals surface area contributed by atoms with Crippen LogP contribution in [-0.2, 0) is 22.4 Å². The van der Waals surface area contributed by atoms with Crippen LogP contribution < -0.4 is 30.3 Å². The first-order valence-corrected chi connectivity index (χ1v) is 13.4. The summed E-state index contributed by atoms with van der Waals surface area (Å²) in [4.78, 5) is 23.0. The average molecular weight is 509 g/mol. The van der Waals surface area contributed by atoms with Crippen molar-refractivity contribution in [1.29, 1.82) is 0 Å². The lowest BCUT2D eigenvalue weighted by Gasteiger charge is -2.27. The van der Waals surface area contributed by atoms with Gasteiger partial charge in [0.2, 0.25) is 5.88 Å². The first-order valence-electron chi connectivity index (χ1n) is 13.4. The molecule has 0 bridgehead atoms. The van der Waals surface area contributed by atoms with Crippen molar-refractivity contribution in [3.63, 3.8) is 0 Å². The van der Waals surface area contributed by atoms with Crippen molar-refractivity contribution in [2.45, 2.75) is 39.2 Å². The zero-order valence-corrected chi connectivity index (χ0v) is 21.6. The first-order chi connectivity index (χ1) is 18.0. The number of hydrogen-bond donors (Lipinski definition) is 3. The summed E-state index contributed by atoms with van der Waals surface area (Å²) in [6, 6.07) is 3.77. The number of carbonyl (C=O) groups excluding carboxylic acids is 1. The minimum absolute atomic E-state index is 0.0346. The number of aryl methyl sites for hydroxylation is 1. The molecular weight excluding hydrogens is 472 g/mol. The fourth-order valence-corrected chi connectivity index (χ4v) is 5.60. The number of anilines is 2. The third-order valence-corrected chi connectivity index (χ3v) is 7.90. The molecule has 0 spiro atoms. The third-order valence-electron chi connectivity index (χ3n) is 7.90. The van der Waals surface area contributed by atoms with Gasteiger partial charge in [-0.3, -0.25) is 4.79 Å². The molecule has 2 fully saturated rings. The van der Waals surface area contributed by atoms with Gasteiger partial charge in [-0.1, -0.05) is 0 Å². The highest BCUT2D eigenvalue weighted by Gasteiger charge is 2.29. The van der Waals surface area contributed by atoms with Crippen LogP contribution in [0.4, 0.5) is 11.6 Å². The lowest BCUT2D eigenvalue weighted by atomic mass is 10.0. The number of pyridine rings is 2. The Hall–Kier alpha value is -2.95. The zero-order valence-electron chi connectivity index (χ0n) is 21.6. The van der Waals surface area contributed by atoms with E-state index in [4.69, 9.17) is 19.2 Å². The van der Waals surface area contributed by atoms with Gasteiger partial charge in [-0.2, -0.15) is 0 Å². The quantitative estimate of drug-likeness (QED) is 0.435. The summed E-state index contributed by atoms with van der Waals surface area (Å²) in [6.45, 7) is 10.3. The second-order valence-corrected chi connectivity index (χ2v) is 10.7. The van der Waals surface area contributed by atoms with Crippen LogP contribution in [0.15, 0.2) is 12.1 Å². The van der Waals surface area contributed by atoms with Crippen LogP contribution in [0.5, 0.6) is 11.6 Å². The molecule has 2 aromatic rings. The van der Waals surface area contributed by atoms with E-state index in [0.29, 0.717) is 30.1 Å². The van der Waals surface area contributed by atoms with Crippen molar-refractivity contribution in [2.75, 3.05) is 62.9 Å². The van der Waals surface area contributed by atoms with Gasteiger partial charge in [0.25, 0.3) is 5.91 Å². The van der Waals surface area contributed by atoms with Crippen LogP contribution in [0.3, 0.4) is 0 Å². The molecule has 3 N–H and O–H groups in total. The molecule has 0 saturated carbocycles. The van der Waals surface area contributed by atoms with E-state index in [0.717, 1.165) is 76.0 Å². The predicted molar refractivity (Wildman–Crippen MR) is 139 cm³/mol. The molecule has 4 aliphatic rings. The maximum Gasteiger partial charge on any atom is 0.263 e. The van der Waals surface area contributed by atoms with Crippen LogP contribution >= 0.6 is 0 Å². The minimum atomic E-state index is -0.179. The molecule has 2 unspecified atom stereocenters. The molecule has 1 amide bonds. The number of rotatable bonds is 9. The Morgan fingerprint density at radius 1 is 1.16 bits per heavy atom. The molecule has 6 rings (SSSR count). The molecule has 0 aromatic carbocycles. The Labute approximate surface area is 217 Å². The summed E-state index contributed by atoms with van der Waals surface area (Å²) in [7, 11) is 0. The molecule has 37 heavy (non-hydrogen) atoms. The van der Waals surface area contributed by atoms with Gasteiger partial charge in [0, 0.05) is 36.8 Å². The zero-order chi connectivity index (χ0) is 25.4. The number of amides is 1. The Kier molecular flexibility index (Phi) is 6.88. The van der Waals surface area contributed by atoms with E-state index in [1.807, 2.05) is 12.1 Å². The summed E-state index contributed by atoms with van der Waals surface area (Å²) in [5.41, 5.74) is 5.19. The highest BCUT2D eigenvalue weighted by Crippen LogP contribution is 2.35. The Balaban J connectivity index is 0.953. The van der Waals surface area contributed by atoms with Crippen molar-refractivity contribution >= 4 is 17.5 Å². The molecular formula is C27H36N6O4. The smallest absolute Gasteiger partial charge is 0.263 e. The molecule has 2 atom stereocenters. The maximum atomic E-state index is 11.6. The second-order valence-electron chi connectivity index (χ2n) is 10.7. The van der Waals surface area contributed by atoms with Gasteiger partial charge in [0.05, 0.1) is 12.7 Å². The van der Waals surface area contributed by atoms with Crippen LogP contribution in [0.1, 0.15) is 28.8 Å². The minimum Gasteiger partial charge on any atom is -0.480 e.